The highest BCUT2D eigenvalue weighted by Gasteiger charge is 2.28. The first-order valence-electron chi connectivity index (χ1n) is 10.9. The van der Waals surface area contributed by atoms with Gasteiger partial charge in [0.25, 0.3) is 0 Å². The molecule has 0 amide bonds. The third-order valence-corrected chi connectivity index (χ3v) is 6.00. The van der Waals surface area contributed by atoms with Crippen LogP contribution in [0, 0.1) is 0 Å². The molecule has 2 aromatic carbocycles. The maximum absolute atomic E-state index is 11.1. The van der Waals surface area contributed by atoms with E-state index >= 15 is 0 Å². The Morgan fingerprint density at radius 3 is 2.06 bits per heavy atom. The van der Waals surface area contributed by atoms with Crippen LogP contribution >= 0.6 is 11.6 Å². The van der Waals surface area contributed by atoms with Gasteiger partial charge in [0.2, 0.25) is 0 Å². The highest BCUT2D eigenvalue weighted by Crippen LogP contribution is 2.42. The van der Waals surface area contributed by atoms with E-state index in [-0.39, 0.29) is 10.8 Å². The van der Waals surface area contributed by atoms with Crippen LogP contribution in [-0.4, -0.2) is 19.9 Å². The topological polar surface area (TPSA) is 50.9 Å². The summed E-state index contributed by atoms with van der Waals surface area (Å²) in [6, 6.07) is 15.9. The minimum absolute atomic E-state index is 0.208. The second kappa shape index (κ2) is 7.93. The van der Waals surface area contributed by atoms with Crippen molar-refractivity contribution in [1.29, 1.82) is 0 Å². The number of rotatable bonds is 3. The summed E-state index contributed by atoms with van der Waals surface area (Å²) in [4.78, 5) is 4.63. The first kappa shape index (κ1) is 22.3. The average Bonchev–Trinajstić information content (AvgIpc) is 3.07. The van der Waals surface area contributed by atoms with Crippen molar-refractivity contribution in [2.24, 2.45) is 0 Å². The number of aromatic nitrogens is 3. The third kappa shape index (κ3) is 4.24. The number of benzene rings is 2. The van der Waals surface area contributed by atoms with Crippen LogP contribution in [0.1, 0.15) is 58.2 Å². The lowest BCUT2D eigenvalue weighted by Gasteiger charge is -2.28. The van der Waals surface area contributed by atoms with Crippen LogP contribution in [0.15, 0.2) is 54.7 Å². The van der Waals surface area contributed by atoms with Gasteiger partial charge in [-0.3, -0.25) is 0 Å². The summed E-state index contributed by atoms with van der Waals surface area (Å²) in [6.07, 6.45) is 1.80. The Balaban J connectivity index is 1.93. The molecule has 0 aliphatic carbocycles. The van der Waals surface area contributed by atoms with Crippen molar-refractivity contribution in [3.63, 3.8) is 0 Å². The van der Waals surface area contributed by atoms with Gasteiger partial charge >= 0.3 is 0 Å². The number of halogens is 1. The minimum Gasteiger partial charge on any atom is -0.507 e. The summed E-state index contributed by atoms with van der Waals surface area (Å²) in [5.41, 5.74) is 5.23. The van der Waals surface area contributed by atoms with Gasteiger partial charge in [0, 0.05) is 33.3 Å². The molecule has 0 radical (unpaired) electrons. The van der Waals surface area contributed by atoms with Crippen LogP contribution in [0.2, 0.25) is 5.02 Å². The van der Waals surface area contributed by atoms with Gasteiger partial charge in [-0.25, -0.2) is 9.67 Å². The Morgan fingerprint density at radius 2 is 1.50 bits per heavy atom. The van der Waals surface area contributed by atoms with Gasteiger partial charge in [-0.2, -0.15) is 5.10 Å². The van der Waals surface area contributed by atoms with Gasteiger partial charge in [-0.1, -0.05) is 65.3 Å². The van der Waals surface area contributed by atoms with Crippen molar-refractivity contribution in [3.05, 3.63) is 76.4 Å². The summed E-state index contributed by atoms with van der Waals surface area (Å²) >= 11 is 6.05. The molecule has 5 heteroatoms. The Bertz CT molecular complexity index is 1240. The largest absolute Gasteiger partial charge is 0.507 e. The van der Waals surface area contributed by atoms with Crippen molar-refractivity contribution in [2.45, 2.75) is 58.9 Å². The molecule has 1 N–H and O–H groups in total. The van der Waals surface area contributed by atoms with Crippen LogP contribution < -0.4 is 0 Å². The lowest BCUT2D eigenvalue weighted by atomic mass is 9.78. The SMILES string of the molecule is CC(C)(C)c1cc(-c2nn(Cc3ccc(Cl)cc3)c3ncccc23)cc(C(C)(C)C)c1O. The minimum atomic E-state index is -0.208. The number of phenols is 1. The number of fused-ring (bicyclic) bond motifs is 1. The fourth-order valence-corrected chi connectivity index (χ4v) is 4.14. The lowest BCUT2D eigenvalue weighted by molar-refractivity contribution is 0.423. The quantitative estimate of drug-likeness (QED) is 0.364. The molecule has 2 aromatic heterocycles. The zero-order valence-corrected chi connectivity index (χ0v) is 20.3. The zero-order valence-electron chi connectivity index (χ0n) is 19.6. The molecule has 166 valence electrons. The molecule has 0 saturated heterocycles. The molecular weight excluding hydrogens is 418 g/mol. The summed E-state index contributed by atoms with van der Waals surface area (Å²) < 4.78 is 1.94. The molecule has 0 bridgehead atoms. The third-order valence-electron chi connectivity index (χ3n) is 5.75. The number of phenolic OH excluding ortho intramolecular Hbond substituents is 1. The number of hydrogen-bond acceptors (Lipinski definition) is 3. The molecule has 0 unspecified atom stereocenters. The van der Waals surface area contributed by atoms with Crippen molar-refractivity contribution in [3.8, 4) is 17.0 Å². The molecule has 0 aliphatic rings. The predicted octanol–water partition coefficient (Wildman–Crippen LogP) is 7.10. The van der Waals surface area contributed by atoms with Crippen molar-refractivity contribution >= 4 is 22.6 Å². The Labute approximate surface area is 194 Å². The van der Waals surface area contributed by atoms with Gasteiger partial charge in [0.15, 0.2) is 5.65 Å². The van der Waals surface area contributed by atoms with Crippen molar-refractivity contribution in [2.75, 3.05) is 0 Å². The maximum atomic E-state index is 11.1. The fourth-order valence-electron chi connectivity index (χ4n) is 4.01. The summed E-state index contributed by atoms with van der Waals surface area (Å²) in [5, 5.41) is 17.8. The van der Waals surface area contributed by atoms with E-state index in [0.29, 0.717) is 17.3 Å². The van der Waals surface area contributed by atoms with Crippen molar-refractivity contribution in [1.82, 2.24) is 14.8 Å². The number of pyridine rings is 1. The molecule has 4 nitrogen and oxygen atoms in total. The second-order valence-corrected chi connectivity index (χ2v) is 10.9. The van der Waals surface area contributed by atoms with Crippen LogP contribution in [-0.2, 0) is 17.4 Å². The Kier molecular flexibility index (Phi) is 5.54. The second-order valence-electron chi connectivity index (χ2n) is 10.4. The molecule has 4 rings (SSSR count). The van der Waals surface area contributed by atoms with E-state index in [1.807, 2.05) is 35.0 Å². The Morgan fingerprint density at radius 1 is 0.906 bits per heavy atom. The van der Waals surface area contributed by atoms with E-state index in [9.17, 15) is 5.11 Å². The molecule has 0 atom stereocenters. The average molecular weight is 448 g/mol. The monoisotopic (exact) mass is 447 g/mol. The van der Waals surface area contributed by atoms with Crippen LogP contribution in [0.4, 0.5) is 0 Å². The fraction of sp³-hybridized carbons (Fsp3) is 0.333. The first-order chi connectivity index (χ1) is 14.9. The maximum Gasteiger partial charge on any atom is 0.158 e. The van der Waals surface area contributed by atoms with Gasteiger partial charge in [-0.15, -0.1) is 0 Å². The summed E-state index contributed by atoms with van der Waals surface area (Å²) in [6.45, 7) is 13.3. The van der Waals surface area contributed by atoms with Gasteiger partial charge in [-0.05, 0) is 52.8 Å². The van der Waals surface area contributed by atoms with Gasteiger partial charge in [0.1, 0.15) is 11.4 Å². The van der Waals surface area contributed by atoms with Crippen LogP contribution in [0.25, 0.3) is 22.3 Å². The van der Waals surface area contributed by atoms with E-state index < -0.39 is 0 Å². The van der Waals surface area contributed by atoms with Crippen molar-refractivity contribution < 1.29 is 5.11 Å². The number of nitrogens with zero attached hydrogens (tertiary/aromatic N) is 3. The molecular formula is C27H30ClN3O. The van der Waals surface area contributed by atoms with Crippen LogP contribution in [0.3, 0.4) is 0 Å². The smallest absolute Gasteiger partial charge is 0.158 e. The predicted molar refractivity (Wildman–Crippen MR) is 133 cm³/mol. The molecule has 32 heavy (non-hydrogen) atoms. The normalized spacial score (nSPS) is 12.5. The first-order valence-corrected chi connectivity index (χ1v) is 11.3. The summed E-state index contributed by atoms with van der Waals surface area (Å²) in [5.74, 6) is 0.372. The highest BCUT2D eigenvalue weighted by atomic mass is 35.5. The van der Waals surface area contributed by atoms with E-state index in [2.05, 4.69) is 64.7 Å². The molecule has 0 aliphatic heterocycles. The van der Waals surface area contributed by atoms with E-state index in [1.165, 1.54) is 0 Å². The summed E-state index contributed by atoms with van der Waals surface area (Å²) in [7, 11) is 0. The van der Waals surface area contributed by atoms with E-state index in [4.69, 9.17) is 16.7 Å². The molecule has 4 aromatic rings. The molecule has 0 spiro atoms. The molecule has 0 saturated carbocycles. The standard InChI is InChI=1S/C27H30ClN3O/c1-26(2,3)21-14-18(15-22(24(21)32)27(4,5)6)23-20-8-7-13-29-25(20)31(30-23)16-17-9-11-19(28)12-10-17/h7-15,32H,16H2,1-6H3. The van der Waals surface area contributed by atoms with Crippen LogP contribution in [0.5, 0.6) is 5.75 Å². The molecule has 2 heterocycles. The molecule has 0 fully saturated rings. The zero-order chi connectivity index (χ0) is 23.3. The highest BCUT2D eigenvalue weighted by molar-refractivity contribution is 6.30. The van der Waals surface area contributed by atoms with Gasteiger partial charge < -0.3 is 5.11 Å². The van der Waals surface area contributed by atoms with E-state index in [0.717, 1.165) is 39.0 Å². The number of aromatic hydroxyl groups is 1. The number of hydrogen-bond donors (Lipinski definition) is 1. The Hall–Kier alpha value is -2.85. The lowest BCUT2D eigenvalue weighted by Crippen LogP contribution is -2.17. The van der Waals surface area contributed by atoms with Gasteiger partial charge in [0.05, 0.1) is 6.54 Å². The van der Waals surface area contributed by atoms with E-state index in [1.54, 1.807) is 6.20 Å².